The molecule has 3 unspecified atom stereocenters. The van der Waals surface area contributed by atoms with Gasteiger partial charge in [0.1, 0.15) is 13.2 Å². The van der Waals surface area contributed by atoms with Crippen LogP contribution in [0.5, 0.6) is 0 Å². The minimum absolute atomic E-state index is 0.0771. The number of phosphoric ester groups is 1. The van der Waals surface area contributed by atoms with Crippen molar-refractivity contribution >= 4 is 13.7 Å². The number of hydrogen-bond donors (Lipinski definition) is 3. The van der Waals surface area contributed by atoms with Crippen molar-refractivity contribution in [1.29, 1.82) is 0 Å². The van der Waals surface area contributed by atoms with E-state index in [0.29, 0.717) is 23.9 Å². The lowest BCUT2D eigenvalue weighted by atomic mass is 10.0. The molecule has 0 saturated carbocycles. The minimum atomic E-state index is -4.33. The summed E-state index contributed by atoms with van der Waals surface area (Å²) in [5.41, 5.74) is 0. The van der Waals surface area contributed by atoms with Crippen LogP contribution in [0.3, 0.4) is 0 Å². The van der Waals surface area contributed by atoms with Gasteiger partial charge in [-0.3, -0.25) is 13.8 Å². The number of nitrogens with one attached hydrogen (secondary N) is 1. The first kappa shape index (κ1) is 88.5. The van der Waals surface area contributed by atoms with E-state index in [-0.39, 0.29) is 19.1 Å². The van der Waals surface area contributed by atoms with E-state index in [4.69, 9.17) is 9.05 Å². The molecule has 8 nitrogen and oxygen atoms in total. The number of aliphatic hydroxyl groups excluding tert-OH is 1. The SMILES string of the molecule is CC/C=C\C/C=C\C/C=C\C/C=C\CCCCCCCCCCCCCCCCCCCCCCCCCCC(=O)NC(COP(=O)(O)OCC[N+](C)(C)C)C(O)CCCCCCCCCCCCCCCCCCCCCCCCCCCCCCCCC. The molecule has 0 radical (unpaired) electrons. The van der Waals surface area contributed by atoms with Crippen LogP contribution >= 0.6 is 7.82 Å². The fourth-order valence-corrected chi connectivity index (χ4v) is 13.2. The normalized spacial score (nSPS) is 13.7. The first-order valence-electron chi connectivity index (χ1n) is 40.0. The lowest BCUT2D eigenvalue weighted by Gasteiger charge is -2.26. The summed E-state index contributed by atoms with van der Waals surface area (Å²) >= 11 is 0. The summed E-state index contributed by atoms with van der Waals surface area (Å²) in [5, 5.41) is 14.2. The van der Waals surface area contributed by atoms with Gasteiger partial charge in [0.05, 0.1) is 39.9 Å². The maximum atomic E-state index is 13.1. The summed E-state index contributed by atoms with van der Waals surface area (Å²) in [5.74, 6) is -0.135. The molecule has 0 spiro atoms. The third-order valence-corrected chi connectivity index (χ3v) is 19.6. The molecule has 0 fully saturated rings. The molecule has 0 aliphatic rings. The topological polar surface area (TPSA) is 105 Å². The lowest BCUT2D eigenvalue weighted by Crippen LogP contribution is -2.46. The van der Waals surface area contributed by atoms with E-state index in [9.17, 15) is 19.4 Å². The standard InChI is InChI=1S/C81H157N2O6P/c1-6-8-10-12-14-16-18-20-22-24-26-28-30-32-34-36-38-39-40-41-42-43-45-47-49-51-53-55-57-59-61-63-65-67-69-71-73-75-81(85)82-79(78-89-90(86,87)88-77-76-83(3,4)5)80(84)74-72-70-68-66-64-62-60-58-56-54-52-50-48-46-44-37-35-33-31-29-27-25-23-21-19-17-15-13-11-9-7-2/h8,10,14,16,20,22,26,28,79-80,84H,6-7,9,11-13,15,17-19,21,23-25,27,29-78H2,1-5H3,(H-,82,85,86,87)/p+1/b10-8-,16-14-,22-20-,28-26-. The molecule has 532 valence electrons. The van der Waals surface area contributed by atoms with E-state index in [1.54, 1.807) is 0 Å². The average Bonchev–Trinajstić information content (AvgIpc) is 3.18. The number of unbranched alkanes of at least 4 members (excludes halogenated alkanes) is 54. The van der Waals surface area contributed by atoms with Crippen LogP contribution in [0.1, 0.15) is 412 Å². The molecule has 0 aliphatic heterocycles. The van der Waals surface area contributed by atoms with Crippen molar-refractivity contribution in [2.24, 2.45) is 0 Å². The second-order valence-electron chi connectivity index (χ2n) is 28.8. The first-order valence-corrected chi connectivity index (χ1v) is 41.5. The fraction of sp³-hybridized carbons (Fsp3) is 0.889. The molecule has 90 heavy (non-hydrogen) atoms. The van der Waals surface area contributed by atoms with Gasteiger partial charge in [-0.25, -0.2) is 4.57 Å². The maximum absolute atomic E-state index is 13.1. The highest BCUT2D eigenvalue weighted by molar-refractivity contribution is 7.47. The number of aliphatic hydroxyl groups is 1. The van der Waals surface area contributed by atoms with Crippen LogP contribution in [0.15, 0.2) is 48.6 Å². The van der Waals surface area contributed by atoms with Crippen LogP contribution in [0.4, 0.5) is 0 Å². The summed E-state index contributed by atoms with van der Waals surface area (Å²) in [6.07, 6.45) is 98.3. The molecule has 0 aromatic carbocycles. The van der Waals surface area contributed by atoms with Crippen molar-refractivity contribution < 1.29 is 32.9 Å². The van der Waals surface area contributed by atoms with Crippen molar-refractivity contribution in [2.75, 3.05) is 40.9 Å². The Kier molecular flexibility index (Phi) is 70.5. The second-order valence-corrected chi connectivity index (χ2v) is 30.2. The molecule has 0 aliphatic carbocycles. The lowest BCUT2D eigenvalue weighted by molar-refractivity contribution is -0.870. The van der Waals surface area contributed by atoms with Gasteiger partial charge >= 0.3 is 7.82 Å². The molecule has 9 heteroatoms. The van der Waals surface area contributed by atoms with Crippen molar-refractivity contribution in [3.05, 3.63) is 48.6 Å². The number of hydrogen-bond acceptors (Lipinski definition) is 5. The molecule has 0 saturated heterocycles. The van der Waals surface area contributed by atoms with Crippen molar-refractivity contribution in [3.63, 3.8) is 0 Å². The molecular formula is C81H158N2O6P+. The molecular weight excluding hydrogens is 1130 g/mol. The van der Waals surface area contributed by atoms with Crippen LogP contribution < -0.4 is 5.32 Å². The van der Waals surface area contributed by atoms with Crippen molar-refractivity contribution in [3.8, 4) is 0 Å². The Morgan fingerprint density at radius 1 is 0.389 bits per heavy atom. The van der Waals surface area contributed by atoms with Crippen LogP contribution in [0.25, 0.3) is 0 Å². The second kappa shape index (κ2) is 71.7. The number of carbonyl (C=O) groups excluding carboxylic acids is 1. The van der Waals surface area contributed by atoms with E-state index < -0.39 is 20.0 Å². The van der Waals surface area contributed by atoms with Crippen LogP contribution in [0, 0.1) is 0 Å². The number of quaternary nitrogens is 1. The van der Waals surface area contributed by atoms with Crippen LogP contribution in [-0.4, -0.2) is 73.4 Å². The Morgan fingerprint density at radius 2 is 0.667 bits per heavy atom. The number of amides is 1. The smallest absolute Gasteiger partial charge is 0.391 e. The van der Waals surface area contributed by atoms with Gasteiger partial charge in [0.2, 0.25) is 5.91 Å². The molecule has 3 atom stereocenters. The van der Waals surface area contributed by atoms with Crippen LogP contribution in [-0.2, 0) is 18.4 Å². The number of phosphoric acid groups is 1. The third kappa shape index (κ3) is 73.9. The van der Waals surface area contributed by atoms with Gasteiger partial charge in [0, 0.05) is 6.42 Å². The van der Waals surface area contributed by atoms with Gasteiger partial charge in [-0.15, -0.1) is 0 Å². The highest BCUT2D eigenvalue weighted by Gasteiger charge is 2.28. The van der Waals surface area contributed by atoms with Gasteiger partial charge in [0.25, 0.3) is 0 Å². The maximum Gasteiger partial charge on any atom is 0.472 e. The Balaban J connectivity index is 3.91. The zero-order valence-corrected chi connectivity index (χ0v) is 62.1. The number of nitrogens with zero attached hydrogens (tertiary/aromatic N) is 1. The largest absolute Gasteiger partial charge is 0.472 e. The summed E-state index contributed by atoms with van der Waals surface area (Å²) in [4.78, 5) is 23.5. The Bertz CT molecular complexity index is 1610. The minimum Gasteiger partial charge on any atom is -0.391 e. The van der Waals surface area contributed by atoms with E-state index in [0.717, 1.165) is 64.2 Å². The van der Waals surface area contributed by atoms with Crippen LogP contribution in [0.2, 0.25) is 0 Å². The third-order valence-electron chi connectivity index (χ3n) is 18.6. The van der Waals surface area contributed by atoms with E-state index in [1.807, 2.05) is 21.1 Å². The molecule has 0 bridgehead atoms. The summed E-state index contributed by atoms with van der Waals surface area (Å²) in [6.45, 7) is 4.84. The van der Waals surface area contributed by atoms with Gasteiger partial charge < -0.3 is 19.8 Å². The van der Waals surface area contributed by atoms with E-state index in [2.05, 4.69) is 67.8 Å². The average molecular weight is 1290 g/mol. The van der Waals surface area contributed by atoms with E-state index >= 15 is 0 Å². The fourth-order valence-electron chi connectivity index (χ4n) is 12.5. The molecule has 0 aromatic heterocycles. The number of carbonyl (C=O) groups is 1. The summed E-state index contributed by atoms with van der Waals surface area (Å²) < 4.78 is 24.0. The predicted octanol–water partition coefficient (Wildman–Crippen LogP) is 26.1. The quantitative estimate of drug-likeness (QED) is 0.0243. The van der Waals surface area contributed by atoms with Crippen molar-refractivity contribution in [1.82, 2.24) is 5.32 Å². The zero-order valence-electron chi connectivity index (χ0n) is 61.2. The van der Waals surface area contributed by atoms with E-state index in [1.165, 1.54) is 321 Å². The Labute approximate surface area is 562 Å². The molecule has 3 N–H and O–H groups in total. The van der Waals surface area contributed by atoms with Gasteiger partial charge in [-0.2, -0.15) is 0 Å². The summed E-state index contributed by atoms with van der Waals surface area (Å²) in [7, 11) is 1.64. The predicted molar refractivity (Wildman–Crippen MR) is 397 cm³/mol. The highest BCUT2D eigenvalue weighted by atomic mass is 31.2. The zero-order chi connectivity index (χ0) is 65.5. The van der Waals surface area contributed by atoms with Crippen molar-refractivity contribution in [2.45, 2.75) is 424 Å². The number of allylic oxidation sites excluding steroid dienone is 8. The van der Waals surface area contributed by atoms with Gasteiger partial charge in [-0.1, -0.05) is 403 Å². The number of likely N-dealkylation sites (N-methyl/N-ethyl adjacent to an activating group) is 1. The molecule has 0 aromatic rings. The molecule has 0 rings (SSSR count). The highest BCUT2D eigenvalue weighted by Crippen LogP contribution is 2.43. The number of rotatable bonds is 75. The molecule has 1 amide bonds. The van der Waals surface area contributed by atoms with Gasteiger partial charge in [0.15, 0.2) is 0 Å². The Hall–Kier alpha value is -1.54. The van der Waals surface area contributed by atoms with Gasteiger partial charge in [-0.05, 0) is 51.4 Å². The monoisotopic (exact) mass is 1290 g/mol. The molecule has 0 heterocycles. The first-order chi connectivity index (χ1) is 44.0. The summed E-state index contributed by atoms with van der Waals surface area (Å²) in [6, 6.07) is -0.761. The Morgan fingerprint density at radius 3 is 0.978 bits per heavy atom.